The Hall–Kier alpha value is -2.99. The van der Waals surface area contributed by atoms with Crippen LogP contribution in [-0.2, 0) is 27.4 Å². The Bertz CT molecular complexity index is 1040. The molecule has 0 bridgehead atoms. The molecule has 176 valence electrons. The minimum absolute atomic E-state index is 0.0374. The molecule has 0 spiro atoms. The molecular formula is C29H31NO4. The molecule has 0 radical (unpaired) electrons. The van der Waals surface area contributed by atoms with Crippen molar-refractivity contribution in [2.75, 3.05) is 13.2 Å². The number of esters is 1. The number of fused-ring (bicyclic) bond motifs is 1. The minimum Gasteiger partial charge on any atom is -0.460 e. The average molecular weight is 458 g/mol. The van der Waals surface area contributed by atoms with E-state index < -0.39 is 0 Å². The Morgan fingerprint density at radius 3 is 1.94 bits per heavy atom. The first-order valence-electron chi connectivity index (χ1n) is 12.1. The maximum absolute atomic E-state index is 12.7. The zero-order valence-electron chi connectivity index (χ0n) is 19.3. The fourth-order valence-corrected chi connectivity index (χ4v) is 5.16. The monoisotopic (exact) mass is 457 g/mol. The maximum atomic E-state index is 12.7. The van der Waals surface area contributed by atoms with E-state index >= 15 is 0 Å². The summed E-state index contributed by atoms with van der Waals surface area (Å²) < 4.78 is 18.8. The van der Waals surface area contributed by atoms with Crippen molar-refractivity contribution < 1.29 is 19.0 Å². The molecular weight excluding hydrogens is 426 g/mol. The molecule has 0 N–H and O–H groups in total. The van der Waals surface area contributed by atoms with Gasteiger partial charge in [0.25, 0.3) is 0 Å². The molecule has 2 aliphatic heterocycles. The van der Waals surface area contributed by atoms with Crippen molar-refractivity contribution in [3.63, 3.8) is 0 Å². The van der Waals surface area contributed by atoms with Gasteiger partial charge in [-0.2, -0.15) is 0 Å². The van der Waals surface area contributed by atoms with E-state index in [4.69, 9.17) is 14.2 Å². The lowest BCUT2D eigenvalue weighted by atomic mass is 10.0. The first kappa shape index (κ1) is 22.8. The van der Waals surface area contributed by atoms with Gasteiger partial charge >= 0.3 is 5.97 Å². The largest absolute Gasteiger partial charge is 0.460 e. The molecule has 2 saturated heterocycles. The molecule has 4 atom stereocenters. The van der Waals surface area contributed by atoms with E-state index in [1.807, 2.05) is 54.6 Å². The van der Waals surface area contributed by atoms with Crippen LogP contribution in [0.2, 0.25) is 0 Å². The van der Waals surface area contributed by atoms with Crippen molar-refractivity contribution in [3.05, 3.63) is 108 Å². The van der Waals surface area contributed by atoms with Crippen LogP contribution < -0.4 is 0 Å². The quantitative estimate of drug-likeness (QED) is 0.430. The van der Waals surface area contributed by atoms with Gasteiger partial charge in [-0.15, -0.1) is 0 Å². The van der Waals surface area contributed by atoms with Gasteiger partial charge in [0, 0.05) is 6.04 Å². The predicted octanol–water partition coefficient (Wildman–Crippen LogP) is 4.86. The average Bonchev–Trinajstić information content (AvgIpc) is 3.47. The SMILES string of the molecule is O=C(OC[C@H]1[C@@H](OCc2ccccc2)[C@H](OCc2ccccc2)[C@H]2CCCN21)c1ccccc1. The van der Waals surface area contributed by atoms with Gasteiger partial charge in [0.1, 0.15) is 18.8 Å². The van der Waals surface area contributed by atoms with Crippen molar-refractivity contribution in [3.8, 4) is 0 Å². The van der Waals surface area contributed by atoms with E-state index in [1.54, 1.807) is 12.1 Å². The van der Waals surface area contributed by atoms with Crippen LogP contribution >= 0.6 is 0 Å². The lowest BCUT2D eigenvalue weighted by molar-refractivity contribution is -0.0845. The molecule has 5 heteroatoms. The van der Waals surface area contributed by atoms with Gasteiger partial charge in [0.05, 0.1) is 24.8 Å². The predicted molar refractivity (Wildman–Crippen MR) is 130 cm³/mol. The first-order valence-corrected chi connectivity index (χ1v) is 12.1. The summed E-state index contributed by atoms with van der Waals surface area (Å²) in [4.78, 5) is 15.1. The number of benzene rings is 3. The highest BCUT2D eigenvalue weighted by molar-refractivity contribution is 5.89. The molecule has 2 heterocycles. The number of carbonyl (C=O) groups is 1. The number of hydrogen-bond donors (Lipinski definition) is 0. The smallest absolute Gasteiger partial charge is 0.338 e. The highest BCUT2D eigenvalue weighted by Gasteiger charge is 2.52. The number of carbonyl (C=O) groups excluding carboxylic acids is 1. The normalized spacial score (nSPS) is 24.1. The summed E-state index contributed by atoms with van der Waals surface area (Å²) in [7, 11) is 0. The molecule has 2 aliphatic rings. The summed E-state index contributed by atoms with van der Waals surface area (Å²) in [5, 5.41) is 0. The number of ether oxygens (including phenoxy) is 3. The van der Waals surface area contributed by atoms with E-state index in [0.717, 1.165) is 30.5 Å². The zero-order chi connectivity index (χ0) is 23.2. The van der Waals surface area contributed by atoms with Crippen molar-refractivity contribution in [1.29, 1.82) is 0 Å². The second kappa shape index (κ2) is 11.0. The Morgan fingerprint density at radius 2 is 1.32 bits per heavy atom. The summed E-state index contributed by atoms with van der Waals surface area (Å²) >= 11 is 0. The van der Waals surface area contributed by atoms with Crippen LogP contribution in [0, 0.1) is 0 Å². The van der Waals surface area contributed by atoms with Gasteiger partial charge in [-0.05, 0) is 42.6 Å². The summed E-state index contributed by atoms with van der Waals surface area (Å²) in [6, 6.07) is 29.8. The van der Waals surface area contributed by atoms with Crippen LogP contribution in [0.4, 0.5) is 0 Å². The summed E-state index contributed by atoms with van der Waals surface area (Å²) in [6.45, 7) is 2.29. The number of hydrogen-bond acceptors (Lipinski definition) is 5. The molecule has 5 rings (SSSR count). The summed E-state index contributed by atoms with van der Waals surface area (Å²) in [5.74, 6) is -0.299. The van der Waals surface area contributed by atoms with E-state index in [2.05, 4.69) is 29.2 Å². The van der Waals surface area contributed by atoms with Crippen LogP contribution in [0.25, 0.3) is 0 Å². The van der Waals surface area contributed by atoms with Crippen molar-refractivity contribution >= 4 is 5.97 Å². The molecule has 0 aliphatic carbocycles. The first-order chi connectivity index (χ1) is 16.8. The van der Waals surface area contributed by atoms with Gasteiger partial charge in [-0.1, -0.05) is 78.9 Å². The molecule has 3 aromatic rings. The van der Waals surface area contributed by atoms with Gasteiger partial charge in [-0.25, -0.2) is 4.79 Å². The Morgan fingerprint density at radius 1 is 0.765 bits per heavy atom. The molecule has 2 fully saturated rings. The lowest BCUT2D eigenvalue weighted by Gasteiger charge is -2.27. The summed E-state index contributed by atoms with van der Waals surface area (Å²) in [6.07, 6.45) is 1.92. The van der Waals surface area contributed by atoms with Gasteiger partial charge in [-0.3, -0.25) is 4.90 Å². The highest BCUT2D eigenvalue weighted by atomic mass is 16.6. The van der Waals surface area contributed by atoms with E-state index in [9.17, 15) is 4.79 Å². The third-order valence-electron chi connectivity index (χ3n) is 6.82. The van der Waals surface area contributed by atoms with Crippen LogP contribution in [0.3, 0.4) is 0 Å². The van der Waals surface area contributed by atoms with E-state index in [-0.39, 0.29) is 36.9 Å². The fourth-order valence-electron chi connectivity index (χ4n) is 5.16. The number of nitrogens with zero attached hydrogens (tertiary/aromatic N) is 1. The van der Waals surface area contributed by atoms with Crippen molar-refractivity contribution in [2.45, 2.75) is 50.3 Å². The van der Waals surface area contributed by atoms with Gasteiger partial charge < -0.3 is 14.2 Å². The Labute approximate surface area is 201 Å². The topological polar surface area (TPSA) is 48.0 Å². The molecule has 0 amide bonds. The second-order valence-corrected chi connectivity index (χ2v) is 9.00. The second-order valence-electron chi connectivity index (χ2n) is 9.00. The van der Waals surface area contributed by atoms with Gasteiger partial charge in [0.15, 0.2) is 0 Å². The molecule has 0 saturated carbocycles. The molecule has 3 aromatic carbocycles. The Balaban J connectivity index is 1.32. The van der Waals surface area contributed by atoms with Crippen LogP contribution in [0.1, 0.15) is 34.3 Å². The number of rotatable bonds is 9. The standard InChI is InChI=1S/C29H31NO4/c31-29(24-15-8-3-9-16-24)34-21-26-28(33-20-23-13-6-2-7-14-23)27(25-17-10-18-30(25)26)32-19-22-11-4-1-5-12-22/h1-9,11-16,25-28H,10,17-21H2/t25-,26+,27-,28-/m1/s1. The van der Waals surface area contributed by atoms with Gasteiger partial charge in [0.2, 0.25) is 0 Å². The van der Waals surface area contributed by atoms with E-state index in [0.29, 0.717) is 18.8 Å². The molecule has 0 aromatic heterocycles. The van der Waals surface area contributed by atoms with Crippen molar-refractivity contribution in [2.24, 2.45) is 0 Å². The zero-order valence-corrected chi connectivity index (χ0v) is 19.3. The lowest BCUT2D eigenvalue weighted by Crippen LogP contribution is -2.42. The van der Waals surface area contributed by atoms with Crippen LogP contribution in [0.5, 0.6) is 0 Å². The molecule has 5 nitrogen and oxygen atoms in total. The van der Waals surface area contributed by atoms with Crippen molar-refractivity contribution in [1.82, 2.24) is 4.90 Å². The van der Waals surface area contributed by atoms with Crippen LogP contribution in [0.15, 0.2) is 91.0 Å². The third-order valence-corrected chi connectivity index (χ3v) is 6.82. The minimum atomic E-state index is -0.299. The molecule has 34 heavy (non-hydrogen) atoms. The summed E-state index contributed by atoms with van der Waals surface area (Å²) in [5.41, 5.74) is 2.83. The van der Waals surface area contributed by atoms with E-state index in [1.165, 1.54) is 0 Å². The fraction of sp³-hybridized carbons (Fsp3) is 0.345. The Kier molecular flexibility index (Phi) is 7.34. The molecule has 0 unspecified atom stereocenters. The third kappa shape index (κ3) is 5.22. The van der Waals surface area contributed by atoms with Crippen LogP contribution in [-0.4, -0.2) is 48.3 Å². The maximum Gasteiger partial charge on any atom is 0.338 e. The highest BCUT2D eigenvalue weighted by Crippen LogP contribution is 2.37.